The van der Waals surface area contributed by atoms with E-state index in [0.29, 0.717) is 41.6 Å². The molecule has 10 heteroatoms. The monoisotopic (exact) mass is 489 g/mol. The zero-order valence-electron chi connectivity index (χ0n) is 18.7. The molecule has 0 saturated carbocycles. The number of aromatic nitrogens is 2. The van der Waals surface area contributed by atoms with Gasteiger partial charge in [0.25, 0.3) is 0 Å². The summed E-state index contributed by atoms with van der Waals surface area (Å²) in [7, 11) is -3.69. The van der Waals surface area contributed by atoms with Gasteiger partial charge >= 0.3 is 0 Å². The Balaban J connectivity index is 1.32. The molecular formula is C25H23N5O4S. The summed E-state index contributed by atoms with van der Waals surface area (Å²) in [5, 5.41) is 15.4. The number of anilines is 3. The first kappa shape index (κ1) is 22.8. The summed E-state index contributed by atoms with van der Waals surface area (Å²) >= 11 is 0. The fourth-order valence-corrected chi connectivity index (χ4v) is 4.97. The minimum absolute atomic E-state index is 0.125. The maximum absolute atomic E-state index is 12.7. The molecular weight excluding hydrogens is 466 g/mol. The molecule has 0 fully saturated rings. The average Bonchev–Trinajstić information content (AvgIpc) is 2.99. The van der Waals surface area contributed by atoms with Crippen molar-refractivity contribution in [2.75, 3.05) is 17.2 Å². The Morgan fingerprint density at radius 1 is 1.03 bits per heavy atom. The summed E-state index contributed by atoms with van der Waals surface area (Å²) in [5.41, 5.74) is 4.42. The number of amides is 1. The summed E-state index contributed by atoms with van der Waals surface area (Å²) in [6, 6.07) is 13.8. The van der Waals surface area contributed by atoms with Crippen LogP contribution in [0.5, 0.6) is 0 Å². The maximum atomic E-state index is 12.7. The van der Waals surface area contributed by atoms with Gasteiger partial charge in [-0.25, -0.2) is 23.1 Å². The molecule has 0 unspecified atom stereocenters. The van der Waals surface area contributed by atoms with Crippen LogP contribution in [0.3, 0.4) is 0 Å². The predicted octanol–water partition coefficient (Wildman–Crippen LogP) is 3.82. The topological polar surface area (TPSA) is 133 Å². The van der Waals surface area contributed by atoms with Gasteiger partial charge in [-0.05, 0) is 42.8 Å². The molecule has 2 heterocycles. The van der Waals surface area contributed by atoms with Crippen molar-refractivity contribution < 1.29 is 18.3 Å². The molecule has 5 rings (SSSR count). The normalized spacial score (nSPS) is 15.1. The Morgan fingerprint density at radius 2 is 1.83 bits per heavy atom. The van der Waals surface area contributed by atoms with Crippen molar-refractivity contribution in [1.29, 1.82) is 0 Å². The molecule has 35 heavy (non-hydrogen) atoms. The van der Waals surface area contributed by atoms with E-state index in [9.17, 15) is 18.3 Å². The lowest BCUT2D eigenvalue weighted by Crippen LogP contribution is -2.26. The van der Waals surface area contributed by atoms with Gasteiger partial charge in [0.1, 0.15) is 0 Å². The lowest BCUT2D eigenvalue weighted by molar-refractivity contribution is -0.115. The molecule has 1 amide bonds. The number of para-hydroxylation sites is 1. The number of allylic oxidation sites excluding steroid dienone is 3. The van der Waals surface area contributed by atoms with E-state index in [1.54, 1.807) is 30.5 Å². The van der Waals surface area contributed by atoms with Crippen LogP contribution < -0.4 is 15.4 Å². The molecule has 4 N–H and O–H groups in total. The number of rotatable bonds is 6. The Kier molecular flexibility index (Phi) is 6.06. The van der Waals surface area contributed by atoms with Crippen molar-refractivity contribution in [3.05, 3.63) is 83.8 Å². The molecule has 0 bridgehead atoms. The van der Waals surface area contributed by atoms with E-state index in [4.69, 9.17) is 0 Å². The van der Waals surface area contributed by atoms with Crippen LogP contribution >= 0.6 is 0 Å². The minimum Gasteiger partial charge on any atom is -0.512 e. The molecule has 1 aromatic heterocycles. The van der Waals surface area contributed by atoms with Gasteiger partial charge in [-0.15, -0.1) is 0 Å². The molecule has 0 radical (unpaired) electrons. The van der Waals surface area contributed by atoms with Crippen molar-refractivity contribution in [3.8, 4) is 11.3 Å². The minimum atomic E-state index is -3.69. The van der Waals surface area contributed by atoms with E-state index in [2.05, 4.69) is 25.3 Å². The van der Waals surface area contributed by atoms with Gasteiger partial charge in [0.15, 0.2) is 0 Å². The molecule has 0 spiro atoms. The van der Waals surface area contributed by atoms with E-state index < -0.39 is 10.0 Å². The number of fused-ring (bicyclic) bond motifs is 3. The number of hydrogen-bond acceptors (Lipinski definition) is 7. The Labute approximate surface area is 202 Å². The molecule has 1 aliphatic heterocycles. The summed E-state index contributed by atoms with van der Waals surface area (Å²) in [6.07, 6.45) is 6.26. The number of nitrogens with zero attached hydrogens (tertiary/aromatic N) is 2. The fraction of sp³-hybridized carbons (Fsp3) is 0.160. The van der Waals surface area contributed by atoms with E-state index in [1.165, 1.54) is 12.1 Å². The third kappa shape index (κ3) is 5.08. The van der Waals surface area contributed by atoms with E-state index >= 15 is 0 Å². The predicted molar refractivity (Wildman–Crippen MR) is 133 cm³/mol. The average molecular weight is 490 g/mol. The lowest BCUT2D eigenvalue weighted by atomic mass is 10.0. The molecule has 178 valence electrons. The molecule has 1 aliphatic carbocycles. The highest BCUT2D eigenvalue weighted by molar-refractivity contribution is 7.89. The number of aliphatic hydroxyl groups is 1. The zero-order valence-corrected chi connectivity index (χ0v) is 19.5. The number of nitrogens with one attached hydrogen (secondary N) is 3. The number of aliphatic hydroxyl groups excluding tert-OH is 1. The number of benzene rings is 2. The van der Waals surface area contributed by atoms with Crippen LogP contribution in [-0.4, -0.2) is 35.9 Å². The SMILES string of the molecule is O=C1Cc2cnc(Nc3ccc(S(=O)(=O)NCC4=CC=C(O)CC4)cc3)nc2-c2ccccc2N1. The summed E-state index contributed by atoms with van der Waals surface area (Å²) in [4.78, 5) is 21.3. The van der Waals surface area contributed by atoms with Gasteiger partial charge in [-0.3, -0.25) is 4.79 Å². The smallest absolute Gasteiger partial charge is 0.240 e. The fourth-order valence-electron chi connectivity index (χ4n) is 3.93. The van der Waals surface area contributed by atoms with Crippen LogP contribution in [0.15, 0.2) is 83.1 Å². The number of carbonyl (C=O) groups excluding carboxylic acids is 1. The van der Waals surface area contributed by atoms with Crippen LogP contribution in [0, 0.1) is 0 Å². The van der Waals surface area contributed by atoms with E-state index in [-0.39, 0.29) is 23.8 Å². The number of sulfonamides is 1. The second-order valence-corrected chi connectivity index (χ2v) is 10.1. The second kappa shape index (κ2) is 9.32. The highest BCUT2D eigenvalue weighted by Gasteiger charge is 2.21. The Bertz CT molecular complexity index is 1460. The quantitative estimate of drug-likeness (QED) is 0.414. The molecule has 9 nitrogen and oxygen atoms in total. The summed E-state index contributed by atoms with van der Waals surface area (Å²) < 4.78 is 27.9. The van der Waals surface area contributed by atoms with Crippen molar-refractivity contribution in [1.82, 2.24) is 14.7 Å². The van der Waals surface area contributed by atoms with Gasteiger partial charge in [0, 0.05) is 36.0 Å². The van der Waals surface area contributed by atoms with Crippen LogP contribution in [0.25, 0.3) is 11.3 Å². The van der Waals surface area contributed by atoms with Crippen molar-refractivity contribution in [2.24, 2.45) is 0 Å². The molecule has 3 aromatic rings. The molecule has 0 atom stereocenters. The number of carbonyl (C=O) groups is 1. The van der Waals surface area contributed by atoms with Gasteiger partial charge in [-0.1, -0.05) is 29.8 Å². The van der Waals surface area contributed by atoms with Crippen LogP contribution in [0.4, 0.5) is 17.3 Å². The Morgan fingerprint density at radius 3 is 2.60 bits per heavy atom. The molecule has 2 aromatic carbocycles. The van der Waals surface area contributed by atoms with Crippen molar-refractivity contribution in [2.45, 2.75) is 24.2 Å². The van der Waals surface area contributed by atoms with E-state index in [1.807, 2.05) is 24.3 Å². The first-order chi connectivity index (χ1) is 16.9. The Hall–Kier alpha value is -4.02. The second-order valence-electron chi connectivity index (χ2n) is 8.29. The van der Waals surface area contributed by atoms with Gasteiger partial charge in [0.2, 0.25) is 21.9 Å². The van der Waals surface area contributed by atoms with Gasteiger partial charge in [0.05, 0.1) is 28.5 Å². The van der Waals surface area contributed by atoms with Crippen molar-refractivity contribution >= 4 is 33.3 Å². The largest absolute Gasteiger partial charge is 0.512 e. The first-order valence-corrected chi connectivity index (χ1v) is 12.6. The summed E-state index contributed by atoms with van der Waals surface area (Å²) in [6.45, 7) is 0.188. The highest BCUT2D eigenvalue weighted by atomic mass is 32.2. The number of hydrogen-bond donors (Lipinski definition) is 4. The zero-order chi connectivity index (χ0) is 24.4. The third-order valence-electron chi connectivity index (χ3n) is 5.80. The van der Waals surface area contributed by atoms with Crippen LogP contribution in [0.1, 0.15) is 18.4 Å². The van der Waals surface area contributed by atoms with Crippen LogP contribution in [0.2, 0.25) is 0 Å². The van der Waals surface area contributed by atoms with E-state index in [0.717, 1.165) is 16.7 Å². The highest BCUT2D eigenvalue weighted by Crippen LogP contribution is 2.33. The standard InChI is InChI=1S/C25H23N5O4S/c31-19-9-5-16(6-10-19)14-27-35(33,34)20-11-7-18(8-12-20)28-25-26-15-17-13-23(32)29-22-4-2-1-3-21(22)24(17)30-25/h1-5,7-9,11-12,15,27,31H,6,10,13-14H2,(H,29,32)(H,26,28,30). The van der Waals surface area contributed by atoms with Crippen LogP contribution in [-0.2, 0) is 21.2 Å². The lowest BCUT2D eigenvalue weighted by Gasteiger charge is -2.13. The third-order valence-corrected chi connectivity index (χ3v) is 7.21. The van der Waals surface area contributed by atoms with Gasteiger partial charge in [-0.2, -0.15) is 0 Å². The molecule has 0 saturated heterocycles. The van der Waals surface area contributed by atoms with Gasteiger partial charge < -0.3 is 15.7 Å². The molecule has 2 aliphatic rings. The van der Waals surface area contributed by atoms with Crippen molar-refractivity contribution in [3.63, 3.8) is 0 Å². The summed E-state index contributed by atoms with van der Waals surface area (Å²) in [5.74, 6) is 0.509. The first-order valence-electron chi connectivity index (χ1n) is 11.1. The maximum Gasteiger partial charge on any atom is 0.240 e.